The summed E-state index contributed by atoms with van der Waals surface area (Å²) < 4.78 is 0. The van der Waals surface area contributed by atoms with Gasteiger partial charge in [0.25, 0.3) is 0 Å². The number of hydrogen-bond acceptors (Lipinski definition) is 2. The Hall–Kier alpha value is -0.520. The van der Waals surface area contributed by atoms with E-state index in [-0.39, 0.29) is 0 Å². The molecule has 1 saturated heterocycles. The number of terminal acetylenes is 1. The van der Waals surface area contributed by atoms with E-state index in [9.17, 15) is 0 Å². The van der Waals surface area contributed by atoms with Crippen LogP contribution in [0.15, 0.2) is 0 Å². The van der Waals surface area contributed by atoms with Crippen molar-refractivity contribution in [2.75, 3.05) is 26.2 Å². The maximum Gasteiger partial charge on any atom is 0.0599 e. The molecule has 2 heteroatoms. The molecule has 0 bridgehead atoms. The Morgan fingerprint density at radius 3 is 2.81 bits per heavy atom. The van der Waals surface area contributed by atoms with Gasteiger partial charge in [-0.1, -0.05) is 12.3 Å². The van der Waals surface area contributed by atoms with Gasteiger partial charge in [-0.2, -0.15) is 0 Å². The van der Waals surface area contributed by atoms with Crippen molar-refractivity contribution < 1.29 is 0 Å². The fourth-order valence-corrected chi connectivity index (χ4v) is 2.73. The monoisotopic (exact) mass is 220 g/mol. The molecule has 1 aliphatic carbocycles. The number of rotatable bonds is 5. The second-order valence-electron chi connectivity index (χ2n) is 5.76. The summed E-state index contributed by atoms with van der Waals surface area (Å²) in [6.45, 7) is 6.66. The Labute approximate surface area is 99.8 Å². The molecule has 2 aliphatic rings. The summed E-state index contributed by atoms with van der Waals surface area (Å²) in [6, 6.07) is 0. The van der Waals surface area contributed by atoms with Crippen LogP contribution in [0.2, 0.25) is 0 Å². The van der Waals surface area contributed by atoms with Gasteiger partial charge in [-0.3, -0.25) is 4.90 Å². The van der Waals surface area contributed by atoms with Gasteiger partial charge in [0.15, 0.2) is 0 Å². The van der Waals surface area contributed by atoms with Crippen molar-refractivity contribution in [2.24, 2.45) is 5.92 Å². The molecule has 1 unspecified atom stereocenters. The van der Waals surface area contributed by atoms with Gasteiger partial charge >= 0.3 is 0 Å². The quantitative estimate of drug-likeness (QED) is 0.712. The van der Waals surface area contributed by atoms with Gasteiger partial charge in [-0.05, 0) is 45.1 Å². The second-order valence-corrected chi connectivity index (χ2v) is 5.76. The average Bonchev–Trinajstić information content (AvgIpc) is 3.02. The molecule has 16 heavy (non-hydrogen) atoms. The lowest BCUT2D eigenvalue weighted by Crippen LogP contribution is -2.54. The number of piperidine rings is 1. The summed E-state index contributed by atoms with van der Waals surface area (Å²) in [5.41, 5.74) is 0.296. The zero-order valence-electron chi connectivity index (χ0n) is 10.5. The molecule has 0 radical (unpaired) electrons. The second kappa shape index (κ2) is 5.21. The fraction of sp³-hybridized carbons (Fsp3) is 0.857. The predicted molar refractivity (Wildman–Crippen MR) is 68.3 cm³/mol. The molecule has 2 fully saturated rings. The van der Waals surface area contributed by atoms with Crippen molar-refractivity contribution in [2.45, 2.75) is 44.6 Å². The van der Waals surface area contributed by atoms with E-state index in [0.717, 1.165) is 19.0 Å². The van der Waals surface area contributed by atoms with Crippen LogP contribution in [-0.4, -0.2) is 36.6 Å². The summed E-state index contributed by atoms with van der Waals surface area (Å²) >= 11 is 0. The van der Waals surface area contributed by atoms with E-state index in [1.165, 1.54) is 45.2 Å². The molecule has 2 nitrogen and oxygen atoms in total. The van der Waals surface area contributed by atoms with Crippen molar-refractivity contribution in [3.05, 3.63) is 0 Å². The highest BCUT2D eigenvalue weighted by atomic mass is 15.2. The Balaban J connectivity index is 1.84. The number of nitrogens with one attached hydrogen (secondary N) is 1. The van der Waals surface area contributed by atoms with E-state index < -0.39 is 0 Å². The van der Waals surface area contributed by atoms with Crippen LogP contribution in [0.25, 0.3) is 0 Å². The number of nitrogens with zero attached hydrogens (tertiary/aromatic N) is 1. The minimum Gasteiger partial charge on any atom is -0.310 e. The third kappa shape index (κ3) is 3.50. The Morgan fingerprint density at radius 1 is 1.44 bits per heavy atom. The van der Waals surface area contributed by atoms with Gasteiger partial charge in [-0.15, -0.1) is 6.42 Å². The average molecular weight is 220 g/mol. The standard InChI is InChI=1S/C14H24N2/c1-3-10-16(11-13-6-7-13)12-14(2)8-4-5-9-15-14/h1,13,15H,4-12H2,2H3. The first-order chi connectivity index (χ1) is 7.72. The molecular weight excluding hydrogens is 196 g/mol. The van der Waals surface area contributed by atoms with E-state index in [2.05, 4.69) is 23.1 Å². The highest BCUT2D eigenvalue weighted by Gasteiger charge is 2.31. The van der Waals surface area contributed by atoms with Gasteiger partial charge in [0.05, 0.1) is 6.54 Å². The fourth-order valence-electron chi connectivity index (χ4n) is 2.73. The summed E-state index contributed by atoms with van der Waals surface area (Å²) in [4.78, 5) is 2.47. The van der Waals surface area contributed by atoms with E-state index in [1.807, 2.05) is 0 Å². The summed E-state index contributed by atoms with van der Waals surface area (Å²) in [6.07, 6.45) is 12.3. The van der Waals surface area contributed by atoms with Crippen LogP contribution in [0.4, 0.5) is 0 Å². The maximum atomic E-state index is 5.46. The van der Waals surface area contributed by atoms with Gasteiger partial charge in [-0.25, -0.2) is 0 Å². The highest BCUT2D eigenvalue weighted by Crippen LogP contribution is 2.30. The summed E-state index contributed by atoms with van der Waals surface area (Å²) in [7, 11) is 0. The molecule has 0 aromatic rings. The third-order valence-electron chi connectivity index (χ3n) is 3.81. The Bertz CT molecular complexity index is 256. The molecular formula is C14H24N2. The number of hydrogen-bond donors (Lipinski definition) is 1. The van der Waals surface area contributed by atoms with Crippen LogP contribution in [0.5, 0.6) is 0 Å². The van der Waals surface area contributed by atoms with Crippen LogP contribution >= 0.6 is 0 Å². The molecule has 1 N–H and O–H groups in total. The maximum absolute atomic E-state index is 5.46. The SMILES string of the molecule is C#CCN(CC1CC1)CC1(C)CCCCN1. The topological polar surface area (TPSA) is 15.3 Å². The molecule has 90 valence electrons. The van der Waals surface area contributed by atoms with Gasteiger partial charge in [0.1, 0.15) is 0 Å². The molecule has 0 aromatic heterocycles. The molecule has 1 aliphatic heterocycles. The van der Waals surface area contributed by atoms with E-state index in [4.69, 9.17) is 6.42 Å². The van der Waals surface area contributed by atoms with Crippen LogP contribution < -0.4 is 5.32 Å². The van der Waals surface area contributed by atoms with Crippen LogP contribution in [0, 0.1) is 18.3 Å². The van der Waals surface area contributed by atoms with Crippen molar-refractivity contribution in [1.29, 1.82) is 0 Å². The summed E-state index contributed by atoms with van der Waals surface area (Å²) in [5.74, 6) is 3.74. The molecule has 1 heterocycles. The zero-order chi connectivity index (χ0) is 11.4. The Morgan fingerprint density at radius 2 is 2.25 bits per heavy atom. The molecule has 2 rings (SSSR count). The lowest BCUT2D eigenvalue weighted by molar-refractivity contribution is 0.172. The molecule has 0 spiro atoms. The smallest absolute Gasteiger partial charge is 0.0599 e. The predicted octanol–water partition coefficient (Wildman–Crippen LogP) is 1.86. The first kappa shape index (κ1) is 12.0. The van der Waals surface area contributed by atoms with E-state index in [1.54, 1.807) is 0 Å². The molecule has 0 aromatic carbocycles. The lowest BCUT2D eigenvalue weighted by atomic mass is 9.90. The first-order valence-corrected chi connectivity index (χ1v) is 6.63. The minimum atomic E-state index is 0.296. The molecule has 1 atom stereocenters. The van der Waals surface area contributed by atoms with Gasteiger partial charge in [0, 0.05) is 18.6 Å². The van der Waals surface area contributed by atoms with Crippen molar-refractivity contribution in [1.82, 2.24) is 10.2 Å². The van der Waals surface area contributed by atoms with Crippen molar-refractivity contribution in [3.63, 3.8) is 0 Å². The lowest BCUT2D eigenvalue weighted by Gasteiger charge is -2.39. The van der Waals surface area contributed by atoms with Gasteiger partial charge in [0.2, 0.25) is 0 Å². The third-order valence-corrected chi connectivity index (χ3v) is 3.81. The largest absolute Gasteiger partial charge is 0.310 e. The first-order valence-electron chi connectivity index (χ1n) is 6.63. The van der Waals surface area contributed by atoms with Crippen LogP contribution in [-0.2, 0) is 0 Å². The zero-order valence-corrected chi connectivity index (χ0v) is 10.5. The molecule has 1 saturated carbocycles. The van der Waals surface area contributed by atoms with E-state index in [0.29, 0.717) is 5.54 Å². The highest BCUT2D eigenvalue weighted by molar-refractivity contribution is 4.95. The van der Waals surface area contributed by atoms with E-state index >= 15 is 0 Å². The van der Waals surface area contributed by atoms with Crippen LogP contribution in [0.1, 0.15) is 39.0 Å². The minimum absolute atomic E-state index is 0.296. The summed E-state index contributed by atoms with van der Waals surface area (Å²) in [5, 5.41) is 3.67. The van der Waals surface area contributed by atoms with Gasteiger partial charge < -0.3 is 5.32 Å². The van der Waals surface area contributed by atoms with Crippen molar-refractivity contribution in [3.8, 4) is 12.3 Å². The van der Waals surface area contributed by atoms with Crippen molar-refractivity contribution >= 4 is 0 Å². The van der Waals surface area contributed by atoms with Crippen LogP contribution in [0.3, 0.4) is 0 Å². The normalized spacial score (nSPS) is 30.3. The Kier molecular flexibility index (Phi) is 3.89. The molecule has 0 amide bonds.